The van der Waals surface area contributed by atoms with Crippen LogP contribution in [0, 0.1) is 15.9 Å². The first kappa shape index (κ1) is 16.1. The Balaban J connectivity index is 2.24. The van der Waals surface area contributed by atoms with Gasteiger partial charge in [0.1, 0.15) is 17.0 Å². The molecule has 0 saturated heterocycles. The maximum atomic E-state index is 14.2. The van der Waals surface area contributed by atoms with Gasteiger partial charge in [-0.3, -0.25) is 14.9 Å². The maximum absolute atomic E-state index is 14.2. The Bertz CT molecular complexity index is 986. The first-order valence-corrected chi connectivity index (χ1v) is 7.41. The van der Waals surface area contributed by atoms with Gasteiger partial charge >= 0.3 is 5.69 Å². The largest absolute Gasteiger partial charge is 0.490 e. The van der Waals surface area contributed by atoms with E-state index in [0.717, 1.165) is 19.2 Å². The summed E-state index contributed by atoms with van der Waals surface area (Å²) in [5, 5.41) is 11.5. The summed E-state index contributed by atoms with van der Waals surface area (Å²) in [6, 6.07) is 3.48. The first-order chi connectivity index (χ1) is 11.4. The minimum Gasteiger partial charge on any atom is -0.490 e. The zero-order chi connectivity index (χ0) is 17.4. The van der Waals surface area contributed by atoms with E-state index >= 15 is 0 Å². The highest BCUT2D eigenvalue weighted by Crippen LogP contribution is 2.35. The van der Waals surface area contributed by atoms with Gasteiger partial charge in [-0.2, -0.15) is 0 Å². The number of hydrogen-bond acceptors (Lipinski definition) is 5. The molecule has 0 fully saturated rings. The van der Waals surface area contributed by atoms with Gasteiger partial charge in [-0.1, -0.05) is 0 Å². The number of carbonyl (C=O) groups excluding carboxylic acids is 1. The minimum atomic E-state index is -0.903. The van der Waals surface area contributed by atoms with Crippen molar-refractivity contribution in [3.8, 4) is 5.75 Å². The van der Waals surface area contributed by atoms with Gasteiger partial charge in [-0.15, -0.1) is 0 Å². The van der Waals surface area contributed by atoms with Crippen LogP contribution in [0.25, 0.3) is 11.0 Å². The van der Waals surface area contributed by atoms with Crippen LogP contribution in [0.2, 0.25) is 0 Å². The van der Waals surface area contributed by atoms with Crippen LogP contribution >= 0.6 is 15.9 Å². The molecular weight excluding hydrogens is 385 g/mol. The van der Waals surface area contributed by atoms with Crippen molar-refractivity contribution in [1.29, 1.82) is 0 Å². The Morgan fingerprint density at radius 3 is 2.88 bits per heavy atom. The zero-order valence-corrected chi connectivity index (χ0v) is 13.8. The molecule has 0 atom stereocenters. The highest BCUT2D eigenvalue weighted by Gasteiger charge is 2.29. The van der Waals surface area contributed by atoms with E-state index in [1.807, 2.05) is 0 Å². The average Bonchev–Trinajstić information content (AvgIpc) is 2.96. The zero-order valence-electron chi connectivity index (χ0n) is 12.2. The van der Waals surface area contributed by atoms with Gasteiger partial charge in [-0.25, -0.2) is 9.37 Å². The van der Waals surface area contributed by atoms with Crippen molar-refractivity contribution in [2.75, 3.05) is 7.11 Å². The number of rotatable bonds is 4. The maximum Gasteiger partial charge on any atom is 0.311 e. The normalized spacial score (nSPS) is 10.8. The molecule has 7 nitrogen and oxygen atoms in total. The van der Waals surface area contributed by atoms with Crippen molar-refractivity contribution >= 4 is 38.4 Å². The molecule has 1 aromatic carbocycles. The number of methoxy groups -OCH3 is 1. The number of aromatic nitrogens is 2. The molecule has 0 bridgehead atoms. The number of fused-ring (bicyclic) bond motifs is 1. The number of nitro groups is 1. The number of aromatic amines is 1. The van der Waals surface area contributed by atoms with E-state index in [4.69, 9.17) is 4.74 Å². The van der Waals surface area contributed by atoms with E-state index in [1.165, 1.54) is 6.20 Å². The van der Waals surface area contributed by atoms with Crippen molar-refractivity contribution in [3.63, 3.8) is 0 Å². The summed E-state index contributed by atoms with van der Waals surface area (Å²) in [6.07, 6.45) is 2.92. The van der Waals surface area contributed by atoms with Crippen molar-refractivity contribution in [3.05, 3.63) is 62.1 Å². The third-order valence-corrected chi connectivity index (χ3v) is 3.89. The van der Waals surface area contributed by atoms with Gasteiger partial charge in [0, 0.05) is 33.9 Å². The number of ether oxygens (including phenoxy) is 1. The molecule has 3 rings (SSSR count). The second kappa shape index (κ2) is 6.00. The Kier molecular flexibility index (Phi) is 4.02. The van der Waals surface area contributed by atoms with Gasteiger partial charge in [0.05, 0.1) is 12.0 Å². The lowest BCUT2D eigenvalue weighted by Crippen LogP contribution is -2.08. The molecule has 0 saturated carbocycles. The molecule has 0 spiro atoms. The third kappa shape index (κ3) is 2.52. The van der Waals surface area contributed by atoms with Gasteiger partial charge in [-0.05, 0) is 28.1 Å². The fourth-order valence-electron chi connectivity index (χ4n) is 2.41. The summed E-state index contributed by atoms with van der Waals surface area (Å²) in [5.74, 6) is -2.05. The molecule has 0 radical (unpaired) electrons. The van der Waals surface area contributed by atoms with E-state index in [1.54, 1.807) is 12.3 Å². The Hall–Kier alpha value is -2.81. The second-order valence-corrected chi connectivity index (χ2v) is 5.73. The van der Waals surface area contributed by atoms with Crippen LogP contribution in [0.1, 0.15) is 15.9 Å². The predicted molar refractivity (Wildman–Crippen MR) is 86.8 cm³/mol. The molecule has 3 aromatic rings. The average molecular weight is 394 g/mol. The van der Waals surface area contributed by atoms with Gasteiger partial charge < -0.3 is 9.72 Å². The minimum absolute atomic E-state index is 0.136. The molecular formula is C15H9BrFN3O4. The number of nitro benzene ring substituents is 1. The Morgan fingerprint density at radius 1 is 1.46 bits per heavy atom. The molecule has 24 heavy (non-hydrogen) atoms. The second-order valence-electron chi connectivity index (χ2n) is 4.81. The van der Waals surface area contributed by atoms with Crippen LogP contribution in [-0.4, -0.2) is 27.8 Å². The number of benzene rings is 1. The van der Waals surface area contributed by atoms with E-state index in [-0.39, 0.29) is 5.56 Å². The molecule has 0 unspecified atom stereocenters. The number of carbonyl (C=O) groups is 1. The number of nitrogens with zero attached hydrogens (tertiary/aromatic N) is 2. The van der Waals surface area contributed by atoms with E-state index < -0.39 is 33.5 Å². The number of hydrogen-bond donors (Lipinski definition) is 1. The van der Waals surface area contributed by atoms with Crippen molar-refractivity contribution in [2.45, 2.75) is 0 Å². The predicted octanol–water partition coefficient (Wildman–Crippen LogP) is 3.61. The lowest BCUT2D eigenvalue weighted by atomic mass is 10.0. The summed E-state index contributed by atoms with van der Waals surface area (Å²) >= 11 is 3.25. The topological polar surface area (TPSA) is 98.1 Å². The van der Waals surface area contributed by atoms with E-state index in [0.29, 0.717) is 15.5 Å². The summed E-state index contributed by atoms with van der Waals surface area (Å²) in [7, 11) is 1.14. The number of pyridine rings is 1. The van der Waals surface area contributed by atoms with Crippen LogP contribution in [-0.2, 0) is 0 Å². The lowest BCUT2D eigenvalue weighted by molar-refractivity contribution is -0.385. The van der Waals surface area contributed by atoms with Crippen LogP contribution in [0.5, 0.6) is 5.75 Å². The monoisotopic (exact) mass is 393 g/mol. The Labute approximate surface area is 142 Å². The number of ketones is 1. The van der Waals surface area contributed by atoms with Crippen molar-refractivity contribution in [1.82, 2.24) is 9.97 Å². The van der Waals surface area contributed by atoms with Crippen LogP contribution in [0.3, 0.4) is 0 Å². The van der Waals surface area contributed by atoms with Crippen LogP contribution in [0.15, 0.2) is 35.1 Å². The van der Waals surface area contributed by atoms with Crippen molar-refractivity contribution < 1.29 is 18.8 Å². The van der Waals surface area contributed by atoms with Gasteiger partial charge in [0.25, 0.3) is 0 Å². The fourth-order valence-corrected chi connectivity index (χ4v) is 2.74. The molecule has 0 aliphatic heterocycles. The highest BCUT2D eigenvalue weighted by molar-refractivity contribution is 9.10. The molecule has 1 N–H and O–H groups in total. The highest BCUT2D eigenvalue weighted by atomic mass is 79.9. The van der Waals surface area contributed by atoms with E-state index in [2.05, 4.69) is 25.9 Å². The first-order valence-electron chi connectivity index (χ1n) is 6.62. The smallest absolute Gasteiger partial charge is 0.311 e. The Morgan fingerprint density at radius 2 is 2.21 bits per heavy atom. The molecule has 2 heterocycles. The summed E-state index contributed by atoms with van der Waals surface area (Å²) < 4.78 is 19.8. The van der Waals surface area contributed by atoms with Gasteiger partial charge in [0.2, 0.25) is 11.5 Å². The van der Waals surface area contributed by atoms with Gasteiger partial charge in [0.15, 0.2) is 0 Å². The fraction of sp³-hybridized carbons (Fsp3) is 0.0667. The lowest BCUT2D eigenvalue weighted by Gasteiger charge is -2.09. The summed E-state index contributed by atoms with van der Waals surface area (Å²) in [4.78, 5) is 30.1. The number of nitrogens with one attached hydrogen (secondary N) is 1. The van der Waals surface area contributed by atoms with Crippen LogP contribution in [0.4, 0.5) is 10.1 Å². The molecule has 122 valence electrons. The quantitative estimate of drug-likeness (QED) is 0.414. The summed E-state index contributed by atoms with van der Waals surface area (Å²) in [6.45, 7) is 0. The summed E-state index contributed by atoms with van der Waals surface area (Å²) in [5.41, 5.74) is -0.406. The number of H-pyrrole nitrogens is 1. The molecule has 0 aliphatic carbocycles. The number of halogens is 2. The third-order valence-electron chi connectivity index (χ3n) is 3.46. The molecule has 9 heteroatoms. The molecule has 2 aromatic heterocycles. The molecule has 0 amide bonds. The standard InChI is InChI=1S/C15H9BrFN3O4/c1-24-14-11(20(22)23)3-2-10(17)12(14)13(21)9-6-19-15-8(9)4-7(16)5-18-15/h2-6H,1H3,(H,18,19). The van der Waals surface area contributed by atoms with E-state index in [9.17, 15) is 19.3 Å². The molecule has 0 aliphatic rings. The SMILES string of the molecule is COc1c([N+](=O)[O-])ccc(F)c1C(=O)c1c[nH]c2ncc(Br)cc12. The van der Waals surface area contributed by atoms with Crippen molar-refractivity contribution in [2.24, 2.45) is 0 Å². The van der Waals surface area contributed by atoms with Crippen LogP contribution < -0.4 is 4.74 Å².